The van der Waals surface area contributed by atoms with Crippen LogP contribution in [0.25, 0.3) is 10.4 Å². The van der Waals surface area contributed by atoms with Crippen LogP contribution in [0.2, 0.25) is 0 Å². The highest BCUT2D eigenvalue weighted by atomic mass is 32.1. The number of carbonyl (C=O) groups excluding carboxylic acids is 1. The fourth-order valence-corrected chi connectivity index (χ4v) is 2.62. The predicted octanol–water partition coefficient (Wildman–Crippen LogP) is 4.07. The molecule has 0 amide bonds. The Kier molecular flexibility index (Phi) is 2.88. The number of halogens is 1. The van der Waals surface area contributed by atoms with Gasteiger partial charge < -0.3 is 0 Å². The monoisotopic (exact) mass is 234 g/mol. The number of carbonyl (C=O) groups is 1. The zero-order valence-electron chi connectivity index (χ0n) is 9.08. The van der Waals surface area contributed by atoms with Crippen molar-refractivity contribution < 1.29 is 9.18 Å². The maximum Gasteiger partial charge on any atom is 0.169 e. The molecule has 0 saturated heterocycles. The highest BCUT2D eigenvalue weighted by Gasteiger charge is 2.11. The Morgan fingerprint density at radius 3 is 2.56 bits per heavy atom. The molecule has 2 rings (SSSR count). The lowest BCUT2D eigenvalue weighted by Gasteiger charge is -2.03. The van der Waals surface area contributed by atoms with Gasteiger partial charge >= 0.3 is 0 Å². The molecule has 1 heterocycles. The van der Waals surface area contributed by atoms with Crippen molar-refractivity contribution in [1.29, 1.82) is 0 Å². The summed E-state index contributed by atoms with van der Waals surface area (Å²) in [4.78, 5) is 12.6. The van der Waals surface area contributed by atoms with Crippen LogP contribution in [0.15, 0.2) is 30.3 Å². The van der Waals surface area contributed by atoms with E-state index in [9.17, 15) is 9.18 Å². The van der Waals surface area contributed by atoms with E-state index in [4.69, 9.17) is 0 Å². The minimum absolute atomic E-state index is 0.0187. The molecule has 1 nitrogen and oxygen atoms in total. The van der Waals surface area contributed by atoms with E-state index in [0.717, 1.165) is 10.4 Å². The average molecular weight is 234 g/mol. The van der Waals surface area contributed by atoms with Crippen molar-refractivity contribution in [2.45, 2.75) is 13.8 Å². The average Bonchev–Trinajstić information content (AvgIpc) is 2.66. The van der Waals surface area contributed by atoms with Gasteiger partial charge in [0.2, 0.25) is 0 Å². The number of hydrogen-bond donors (Lipinski definition) is 0. The number of thiophene rings is 1. The molecule has 3 heteroatoms. The first kappa shape index (κ1) is 11.0. The van der Waals surface area contributed by atoms with Gasteiger partial charge in [-0.1, -0.05) is 12.1 Å². The molecule has 0 atom stereocenters. The maximum atomic E-state index is 13.7. The quantitative estimate of drug-likeness (QED) is 0.716. The maximum absolute atomic E-state index is 13.7. The smallest absolute Gasteiger partial charge is 0.169 e. The zero-order valence-corrected chi connectivity index (χ0v) is 9.90. The molecular formula is C13H11FOS. The highest BCUT2D eigenvalue weighted by molar-refractivity contribution is 7.17. The second kappa shape index (κ2) is 4.18. The third kappa shape index (κ3) is 1.91. The molecule has 0 saturated carbocycles. The first-order chi connectivity index (χ1) is 7.59. The predicted molar refractivity (Wildman–Crippen MR) is 64.5 cm³/mol. The van der Waals surface area contributed by atoms with Crippen LogP contribution >= 0.6 is 11.3 Å². The van der Waals surface area contributed by atoms with Crippen LogP contribution in [0, 0.1) is 12.7 Å². The Labute approximate surface area is 97.6 Å². The fraction of sp³-hybridized carbons (Fsp3) is 0.154. The van der Waals surface area contributed by atoms with Crippen molar-refractivity contribution >= 4 is 17.1 Å². The van der Waals surface area contributed by atoms with Crippen LogP contribution in [0.3, 0.4) is 0 Å². The second-order valence-corrected chi connectivity index (χ2v) is 4.74. The molecule has 0 fully saturated rings. The van der Waals surface area contributed by atoms with Crippen LogP contribution in [0.4, 0.5) is 4.39 Å². The van der Waals surface area contributed by atoms with Gasteiger partial charge in [-0.05, 0) is 37.6 Å². The van der Waals surface area contributed by atoms with Crippen molar-refractivity contribution in [1.82, 2.24) is 0 Å². The normalized spacial score (nSPS) is 10.4. The fourth-order valence-electron chi connectivity index (χ4n) is 1.61. The Morgan fingerprint density at radius 1 is 1.25 bits per heavy atom. The van der Waals surface area contributed by atoms with Gasteiger partial charge in [0.25, 0.3) is 0 Å². The largest absolute Gasteiger partial charge is 0.294 e. The molecule has 0 bridgehead atoms. The summed E-state index contributed by atoms with van der Waals surface area (Å²) < 4.78 is 13.7. The number of rotatable bonds is 2. The standard InChI is InChI=1S/C13H11FOS/c1-8-4-3-5-10(14)13(8)12-7-6-11(16-12)9(2)15/h3-7H,1-2H3. The lowest BCUT2D eigenvalue weighted by Crippen LogP contribution is -1.86. The third-order valence-corrected chi connectivity index (χ3v) is 3.62. The van der Waals surface area contributed by atoms with E-state index in [2.05, 4.69) is 0 Å². The molecule has 0 radical (unpaired) electrons. The van der Waals surface area contributed by atoms with E-state index in [1.165, 1.54) is 24.3 Å². The third-order valence-electron chi connectivity index (χ3n) is 2.42. The number of Topliss-reactive ketones (excluding diaryl/α,β-unsaturated/α-hetero) is 1. The van der Waals surface area contributed by atoms with Crippen LogP contribution in [-0.2, 0) is 0 Å². The van der Waals surface area contributed by atoms with Gasteiger partial charge in [-0.2, -0.15) is 0 Å². The summed E-state index contributed by atoms with van der Waals surface area (Å²) in [6.45, 7) is 3.38. The van der Waals surface area contributed by atoms with Crippen LogP contribution in [-0.4, -0.2) is 5.78 Å². The first-order valence-electron chi connectivity index (χ1n) is 4.96. The first-order valence-corrected chi connectivity index (χ1v) is 5.77. The molecule has 0 spiro atoms. The van der Waals surface area contributed by atoms with Crippen molar-refractivity contribution in [3.63, 3.8) is 0 Å². The Bertz CT molecular complexity index is 522. The molecule has 2 aromatic rings. The lowest BCUT2D eigenvalue weighted by molar-refractivity contribution is 0.102. The SMILES string of the molecule is CC(=O)c1ccc(-c2c(C)cccc2F)s1. The van der Waals surface area contributed by atoms with Crippen molar-refractivity contribution in [2.75, 3.05) is 0 Å². The minimum Gasteiger partial charge on any atom is -0.294 e. The Hall–Kier alpha value is -1.48. The summed E-state index contributed by atoms with van der Waals surface area (Å²) in [5.41, 5.74) is 1.48. The van der Waals surface area contributed by atoms with Gasteiger partial charge in [0.05, 0.1) is 4.88 Å². The molecule has 0 aliphatic heterocycles. The van der Waals surface area contributed by atoms with Crippen LogP contribution < -0.4 is 0 Å². The molecule has 16 heavy (non-hydrogen) atoms. The molecule has 1 aromatic heterocycles. The number of hydrogen-bond acceptors (Lipinski definition) is 2. The molecule has 82 valence electrons. The Morgan fingerprint density at radius 2 is 2.00 bits per heavy atom. The van der Waals surface area contributed by atoms with Crippen molar-refractivity contribution in [3.05, 3.63) is 46.6 Å². The van der Waals surface area contributed by atoms with Gasteiger partial charge in [-0.3, -0.25) is 4.79 Å². The lowest BCUT2D eigenvalue weighted by atomic mass is 10.1. The summed E-state index contributed by atoms with van der Waals surface area (Å²) in [6.07, 6.45) is 0. The summed E-state index contributed by atoms with van der Waals surface area (Å²) in [6, 6.07) is 8.54. The van der Waals surface area contributed by atoms with E-state index in [-0.39, 0.29) is 11.6 Å². The molecule has 0 unspecified atom stereocenters. The molecule has 0 aliphatic rings. The molecule has 1 aromatic carbocycles. The van der Waals surface area contributed by atoms with Gasteiger partial charge in [0.15, 0.2) is 5.78 Å². The molecule has 0 aliphatic carbocycles. The van der Waals surface area contributed by atoms with Crippen molar-refractivity contribution in [3.8, 4) is 10.4 Å². The number of aryl methyl sites for hydroxylation is 1. The summed E-state index contributed by atoms with van der Waals surface area (Å²) in [5, 5.41) is 0. The van der Waals surface area contributed by atoms with E-state index >= 15 is 0 Å². The molecule has 0 N–H and O–H groups in total. The summed E-state index contributed by atoms with van der Waals surface area (Å²) >= 11 is 1.33. The van der Waals surface area contributed by atoms with Crippen molar-refractivity contribution in [2.24, 2.45) is 0 Å². The van der Waals surface area contributed by atoms with Gasteiger partial charge in [-0.25, -0.2) is 4.39 Å². The topological polar surface area (TPSA) is 17.1 Å². The highest BCUT2D eigenvalue weighted by Crippen LogP contribution is 2.32. The second-order valence-electron chi connectivity index (χ2n) is 3.65. The Balaban J connectivity index is 2.54. The summed E-state index contributed by atoms with van der Waals surface area (Å²) in [5.74, 6) is -0.220. The van der Waals surface area contributed by atoms with E-state index < -0.39 is 0 Å². The summed E-state index contributed by atoms with van der Waals surface area (Å²) in [7, 11) is 0. The van der Waals surface area contributed by atoms with E-state index in [0.29, 0.717) is 10.4 Å². The van der Waals surface area contributed by atoms with Gasteiger partial charge in [-0.15, -0.1) is 11.3 Å². The zero-order chi connectivity index (χ0) is 11.7. The number of benzene rings is 1. The van der Waals surface area contributed by atoms with Gasteiger partial charge in [0, 0.05) is 10.4 Å². The van der Waals surface area contributed by atoms with Crippen LogP contribution in [0.5, 0.6) is 0 Å². The van der Waals surface area contributed by atoms with E-state index in [1.807, 2.05) is 13.0 Å². The number of ketones is 1. The van der Waals surface area contributed by atoms with E-state index in [1.54, 1.807) is 18.2 Å². The van der Waals surface area contributed by atoms with Gasteiger partial charge in [0.1, 0.15) is 5.82 Å². The molecular weight excluding hydrogens is 223 g/mol. The van der Waals surface area contributed by atoms with Crippen LogP contribution in [0.1, 0.15) is 22.2 Å². The minimum atomic E-state index is -0.239.